The van der Waals surface area contributed by atoms with Crippen LogP contribution in [0.2, 0.25) is 0 Å². The highest BCUT2D eigenvalue weighted by molar-refractivity contribution is 14.0. The normalized spacial score (nSPS) is 12.3. The molecule has 0 fully saturated rings. The number of nitrogens with zero attached hydrogens (tertiary/aromatic N) is 2. The Morgan fingerprint density at radius 3 is 2.30 bits per heavy atom. The molecule has 0 aromatic heterocycles. The molecule has 0 amide bonds. The van der Waals surface area contributed by atoms with Crippen LogP contribution in [0.5, 0.6) is 0 Å². The Kier molecular flexibility index (Phi) is 8.97. The third-order valence-electron chi connectivity index (χ3n) is 3.13. The number of nitriles is 1. The van der Waals surface area contributed by atoms with Crippen LogP contribution in [0.15, 0.2) is 29.3 Å². The molecule has 2 N–H and O–H groups in total. The van der Waals surface area contributed by atoms with E-state index in [0.717, 1.165) is 11.5 Å². The topological polar surface area (TPSA) is 60.2 Å². The van der Waals surface area contributed by atoms with Crippen molar-refractivity contribution in [1.82, 2.24) is 10.6 Å². The average molecular weight is 386 g/mol. The van der Waals surface area contributed by atoms with Gasteiger partial charge in [0, 0.05) is 19.6 Å². The van der Waals surface area contributed by atoms with Crippen molar-refractivity contribution in [1.29, 1.82) is 5.26 Å². The molecule has 1 aromatic carbocycles. The van der Waals surface area contributed by atoms with Crippen molar-refractivity contribution < 1.29 is 0 Å². The van der Waals surface area contributed by atoms with Crippen LogP contribution in [-0.2, 0) is 6.54 Å². The Labute approximate surface area is 138 Å². The molecule has 1 atom stereocenters. The van der Waals surface area contributed by atoms with Crippen molar-refractivity contribution in [3.05, 3.63) is 35.4 Å². The Morgan fingerprint density at radius 1 is 1.25 bits per heavy atom. The molecule has 1 aromatic rings. The molecule has 20 heavy (non-hydrogen) atoms. The summed E-state index contributed by atoms with van der Waals surface area (Å²) in [5.41, 5.74) is 1.80. The Balaban J connectivity index is 0.00000361. The zero-order chi connectivity index (χ0) is 14.3. The summed E-state index contributed by atoms with van der Waals surface area (Å²) in [6.07, 6.45) is 0. The standard InChI is InChI=1S/C15H22N4.HI/c1-11(2)12(3)19-15(17-4)18-10-14-7-5-13(9-16)6-8-14;/h5-8,11-12H,10H2,1-4H3,(H2,17,18,19);1H. The monoisotopic (exact) mass is 386 g/mol. The van der Waals surface area contributed by atoms with Crippen LogP contribution in [0.25, 0.3) is 0 Å². The molecule has 1 unspecified atom stereocenters. The molecule has 0 bridgehead atoms. The number of benzene rings is 1. The first-order chi connectivity index (χ1) is 9.06. The number of hydrogen-bond acceptors (Lipinski definition) is 2. The Hall–Kier alpha value is -1.29. The lowest BCUT2D eigenvalue weighted by atomic mass is 10.1. The summed E-state index contributed by atoms with van der Waals surface area (Å²) in [7, 11) is 1.77. The van der Waals surface area contributed by atoms with Gasteiger partial charge in [0.1, 0.15) is 0 Å². The average Bonchev–Trinajstić information content (AvgIpc) is 2.43. The minimum atomic E-state index is 0. The van der Waals surface area contributed by atoms with Crippen LogP contribution >= 0.6 is 24.0 Å². The maximum Gasteiger partial charge on any atom is 0.191 e. The van der Waals surface area contributed by atoms with E-state index in [9.17, 15) is 0 Å². The van der Waals surface area contributed by atoms with Gasteiger partial charge in [0.2, 0.25) is 0 Å². The predicted octanol–water partition coefficient (Wildman–Crippen LogP) is 2.89. The molecule has 0 aliphatic rings. The van der Waals surface area contributed by atoms with Gasteiger partial charge >= 0.3 is 0 Å². The summed E-state index contributed by atoms with van der Waals surface area (Å²) in [5, 5.41) is 15.4. The first-order valence-corrected chi connectivity index (χ1v) is 6.53. The van der Waals surface area contributed by atoms with Crippen molar-refractivity contribution in [2.75, 3.05) is 7.05 Å². The fourth-order valence-corrected chi connectivity index (χ4v) is 1.46. The molecule has 4 nitrogen and oxygen atoms in total. The summed E-state index contributed by atoms with van der Waals surface area (Å²) in [5.74, 6) is 1.35. The van der Waals surface area contributed by atoms with Gasteiger partial charge in [-0.2, -0.15) is 5.26 Å². The van der Waals surface area contributed by atoms with Gasteiger partial charge in [0.25, 0.3) is 0 Å². The van der Waals surface area contributed by atoms with Gasteiger partial charge in [-0.3, -0.25) is 4.99 Å². The molecule has 110 valence electrons. The highest BCUT2D eigenvalue weighted by Gasteiger charge is 2.08. The smallest absolute Gasteiger partial charge is 0.191 e. The minimum Gasteiger partial charge on any atom is -0.354 e. The summed E-state index contributed by atoms with van der Waals surface area (Å²) in [4.78, 5) is 4.20. The molecule has 0 aliphatic carbocycles. The molecule has 0 aliphatic heterocycles. The van der Waals surface area contributed by atoms with Crippen molar-refractivity contribution in [3.63, 3.8) is 0 Å². The Morgan fingerprint density at radius 2 is 1.85 bits per heavy atom. The second kappa shape index (κ2) is 9.59. The molecular formula is C15H23IN4. The largest absolute Gasteiger partial charge is 0.354 e. The predicted molar refractivity (Wildman–Crippen MR) is 94.2 cm³/mol. The van der Waals surface area contributed by atoms with Crippen molar-refractivity contribution in [3.8, 4) is 6.07 Å². The van der Waals surface area contributed by atoms with Gasteiger partial charge < -0.3 is 10.6 Å². The molecule has 0 radical (unpaired) electrons. The third kappa shape index (κ3) is 6.24. The summed E-state index contributed by atoms with van der Waals surface area (Å²) in [6.45, 7) is 7.17. The highest BCUT2D eigenvalue weighted by Crippen LogP contribution is 2.03. The van der Waals surface area contributed by atoms with Gasteiger partial charge in [0.15, 0.2) is 5.96 Å². The lowest BCUT2D eigenvalue weighted by Gasteiger charge is -2.20. The van der Waals surface area contributed by atoms with E-state index in [2.05, 4.69) is 42.5 Å². The highest BCUT2D eigenvalue weighted by atomic mass is 127. The van der Waals surface area contributed by atoms with Crippen molar-refractivity contribution >= 4 is 29.9 Å². The number of aliphatic imine (C=N–C) groups is 1. The van der Waals surface area contributed by atoms with Gasteiger partial charge in [0.05, 0.1) is 11.6 Å². The van der Waals surface area contributed by atoms with Crippen LogP contribution in [-0.4, -0.2) is 19.0 Å². The number of hydrogen-bond donors (Lipinski definition) is 2. The van der Waals surface area contributed by atoms with Gasteiger partial charge in [-0.1, -0.05) is 26.0 Å². The number of rotatable bonds is 4. The zero-order valence-electron chi connectivity index (χ0n) is 12.5. The first kappa shape index (κ1) is 18.7. The SMILES string of the molecule is CN=C(NCc1ccc(C#N)cc1)NC(C)C(C)C.I. The summed E-state index contributed by atoms with van der Waals surface area (Å²) < 4.78 is 0. The van der Waals surface area contributed by atoms with Crippen LogP contribution in [0, 0.1) is 17.2 Å². The lowest BCUT2D eigenvalue weighted by molar-refractivity contribution is 0.481. The number of halogens is 1. The fraction of sp³-hybridized carbons (Fsp3) is 0.467. The molecule has 5 heteroatoms. The zero-order valence-corrected chi connectivity index (χ0v) is 14.8. The van der Waals surface area contributed by atoms with E-state index in [4.69, 9.17) is 5.26 Å². The van der Waals surface area contributed by atoms with Crippen LogP contribution < -0.4 is 10.6 Å². The van der Waals surface area contributed by atoms with Gasteiger partial charge in [-0.15, -0.1) is 24.0 Å². The maximum absolute atomic E-state index is 8.74. The number of guanidine groups is 1. The lowest BCUT2D eigenvalue weighted by Crippen LogP contribution is -2.43. The molecule has 0 saturated carbocycles. The second-order valence-corrected chi connectivity index (χ2v) is 4.91. The molecule has 0 heterocycles. The van der Waals surface area contributed by atoms with E-state index >= 15 is 0 Å². The molecule has 0 spiro atoms. The van der Waals surface area contributed by atoms with E-state index in [1.807, 2.05) is 24.3 Å². The van der Waals surface area contributed by atoms with Crippen LogP contribution in [0.4, 0.5) is 0 Å². The Bertz CT molecular complexity index is 460. The molecule has 0 saturated heterocycles. The van der Waals surface area contributed by atoms with Crippen LogP contribution in [0.3, 0.4) is 0 Å². The minimum absolute atomic E-state index is 0. The van der Waals surface area contributed by atoms with E-state index < -0.39 is 0 Å². The first-order valence-electron chi connectivity index (χ1n) is 6.53. The van der Waals surface area contributed by atoms with E-state index in [-0.39, 0.29) is 24.0 Å². The third-order valence-corrected chi connectivity index (χ3v) is 3.13. The van der Waals surface area contributed by atoms with Gasteiger partial charge in [-0.25, -0.2) is 0 Å². The quantitative estimate of drug-likeness (QED) is 0.475. The molecular weight excluding hydrogens is 363 g/mol. The maximum atomic E-state index is 8.74. The summed E-state index contributed by atoms with van der Waals surface area (Å²) >= 11 is 0. The second-order valence-electron chi connectivity index (χ2n) is 4.91. The van der Waals surface area contributed by atoms with Crippen LogP contribution in [0.1, 0.15) is 31.9 Å². The van der Waals surface area contributed by atoms with Crippen molar-refractivity contribution in [2.24, 2.45) is 10.9 Å². The summed E-state index contributed by atoms with van der Waals surface area (Å²) in [6, 6.07) is 10.0. The van der Waals surface area contributed by atoms with Crippen molar-refractivity contribution in [2.45, 2.75) is 33.4 Å². The van der Waals surface area contributed by atoms with Gasteiger partial charge in [-0.05, 0) is 30.5 Å². The van der Waals surface area contributed by atoms with E-state index in [1.165, 1.54) is 0 Å². The fourth-order valence-electron chi connectivity index (χ4n) is 1.46. The molecule has 1 rings (SSSR count). The van der Waals surface area contributed by atoms with E-state index in [0.29, 0.717) is 24.1 Å². The number of nitrogens with one attached hydrogen (secondary N) is 2. The van der Waals surface area contributed by atoms with E-state index in [1.54, 1.807) is 7.05 Å².